The Labute approximate surface area is 170 Å². The van der Waals surface area contributed by atoms with Crippen LogP contribution in [-0.2, 0) is 6.42 Å². The predicted octanol–water partition coefficient (Wildman–Crippen LogP) is 3.99. The number of hydrogen-bond acceptors (Lipinski definition) is 5. The molecule has 1 aliphatic rings. The third-order valence-corrected chi connectivity index (χ3v) is 5.27. The Kier molecular flexibility index (Phi) is 5.47. The number of aromatic amines is 1. The van der Waals surface area contributed by atoms with E-state index in [4.69, 9.17) is 4.52 Å². The smallest absolute Gasteiger partial charge is 0.274 e. The molecule has 29 heavy (non-hydrogen) atoms. The van der Waals surface area contributed by atoms with Crippen molar-refractivity contribution in [1.29, 1.82) is 0 Å². The minimum atomic E-state index is -0.0486. The summed E-state index contributed by atoms with van der Waals surface area (Å²) in [6.07, 6.45) is 2.66. The molecule has 0 radical (unpaired) electrons. The first-order chi connectivity index (χ1) is 14.0. The van der Waals surface area contributed by atoms with Gasteiger partial charge in [0.2, 0.25) is 5.89 Å². The molecule has 0 aliphatic carbocycles. The number of imidazole rings is 1. The number of likely N-dealkylation sites (tertiary alicyclic amines) is 1. The quantitative estimate of drug-likeness (QED) is 0.708. The molecule has 0 bridgehead atoms. The van der Waals surface area contributed by atoms with Crippen LogP contribution in [0, 0.1) is 12.8 Å². The number of amides is 1. The van der Waals surface area contributed by atoms with Crippen molar-refractivity contribution in [3.05, 3.63) is 53.4 Å². The SMILES string of the molecule is Cc1[nH]c(-c2ccccc2)nc1C(=O)N1CCCC(c2nc(CC(C)C)no2)C1. The number of aryl methyl sites for hydroxylation is 1. The maximum Gasteiger partial charge on any atom is 0.274 e. The van der Waals surface area contributed by atoms with E-state index in [-0.39, 0.29) is 11.8 Å². The maximum absolute atomic E-state index is 13.2. The highest BCUT2D eigenvalue weighted by Crippen LogP contribution is 2.28. The number of carbonyl (C=O) groups excluding carboxylic acids is 1. The summed E-state index contributed by atoms with van der Waals surface area (Å²) in [5.74, 6) is 2.61. The van der Waals surface area contributed by atoms with E-state index in [1.807, 2.05) is 42.2 Å². The molecule has 1 saturated heterocycles. The first-order valence-electron chi connectivity index (χ1n) is 10.2. The first kappa shape index (κ1) is 19.4. The summed E-state index contributed by atoms with van der Waals surface area (Å²) < 4.78 is 5.50. The highest BCUT2D eigenvalue weighted by atomic mass is 16.5. The number of benzene rings is 1. The number of nitrogens with zero attached hydrogens (tertiary/aromatic N) is 4. The Morgan fingerprint density at radius 2 is 2.07 bits per heavy atom. The number of hydrogen-bond donors (Lipinski definition) is 1. The van der Waals surface area contributed by atoms with Crippen LogP contribution in [0.1, 0.15) is 60.5 Å². The number of nitrogens with one attached hydrogen (secondary N) is 1. The average molecular weight is 393 g/mol. The third kappa shape index (κ3) is 4.23. The largest absolute Gasteiger partial charge is 0.341 e. The van der Waals surface area contributed by atoms with Gasteiger partial charge in [-0.1, -0.05) is 49.3 Å². The molecule has 3 aromatic rings. The summed E-state index contributed by atoms with van der Waals surface area (Å²) in [6, 6.07) is 9.84. The van der Waals surface area contributed by atoms with Crippen LogP contribution in [0.3, 0.4) is 0 Å². The zero-order chi connectivity index (χ0) is 20.4. The first-order valence-corrected chi connectivity index (χ1v) is 10.2. The van der Waals surface area contributed by atoms with E-state index in [0.29, 0.717) is 24.0 Å². The summed E-state index contributed by atoms with van der Waals surface area (Å²) in [4.78, 5) is 27.4. The van der Waals surface area contributed by atoms with Gasteiger partial charge in [-0.3, -0.25) is 4.79 Å². The highest BCUT2D eigenvalue weighted by Gasteiger charge is 2.31. The summed E-state index contributed by atoms with van der Waals surface area (Å²) in [5.41, 5.74) is 2.23. The molecular weight excluding hydrogens is 366 g/mol. The van der Waals surface area contributed by atoms with Crippen LogP contribution in [0.4, 0.5) is 0 Å². The standard InChI is InChI=1S/C22H27N5O2/c1-14(2)12-18-24-21(29-26-18)17-10-7-11-27(13-17)22(28)19-15(3)23-20(25-19)16-8-5-4-6-9-16/h4-6,8-9,14,17H,7,10-13H2,1-3H3,(H,23,25). The van der Waals surface area contributed by atoms with Gasteiger partial charge >= 0.3 is 0 Å². The van der Waals surface area contributed by atoms with E-state index in [9.17, 15) is 4.79 Å². The van der Waals surface area contributed by atoms with E-state index in [1.54, 1.807) is 0 Å². The summed E-state index contributed by atoms with van der Waals surface area (Å²) in [6.45, 7) is 7.45. The van der Waals surface area contributed by atoms with Crippen molar-refractivity contribution in [3.8, 4) is 11.4 Å². The fourth-order valence-corrected chi connectivity index (χ4v) is 3.80. The maximum atomic E-state index is 13.2. The zero-order valence-corrected chi connectivity index (χ0v) is 17.2. The predicted molar refractivity (Wildman–Crippen MR) is 109 cm³/mol. The second-order valence-corrected chi connectivity index (χ2v) is 8.16. The molecule has 0 spiro atoms. The molecule has 1 fully saturated rings. The second kappa shape index (κ2) is 8.19. The van der Waals surface area contributed by atoms with Crippen molar-refractivity contribution in [1.82, 2.24) is 25.0 Å². The van der Waals surface area contributed by atoms with Gasteiger partial charge in [-0.05, 0) is 25.7 Å². The minimum absolute atomic E-state index is 0.0486. The van der Waals surface area contributed by atoms with Gasteiger partial charge in [0.1, 0.15) is 11.5 Å². The molecule has 4 rings (SSSR count). The molecular formula is C22H27N5O2. The van der Waals surface area contributed by atoms with E-state index in [1.165, 1.54) is 0 Å². The van der Waals surface area contributed by atoms with Gasteiger partial charge in [-0.2, -0.15) is 4.98 Å². The molecule has 3 heterocycles. The van der Waals surface area contributed by atoms with E-state index in [2.05, 4.69) is 34.0 Å². The van der Waals surface area contributed by atoms with Gasteiger partial charge in [0.25, 0.3) is 5.91 Å². The number of aromatic nitrogens is 4. The van der Waals surface area contributed by atoms with Crippen LogP contribution in [0.25, 0.3) is 11.4 Å². The lowest BCUT2D eigenvalue weighted by molar-refractivity contribution is 0.0689. The molecule has 7 nitrogen and oxygen atoms in total. The Morgan fingerprint density at radius 3 is 2.83 bits per heavy atom. The second-order valence-electron chi connectivity index (χ2n) is 8.16. The topological polar surface area (TPSA) is 87.9 Å². The molecule has 1 amide bonds. The van der Waals surface area contributed by atoms with Gasteiger partial charge in [-0.25, -0.2) is 4.98 Å². The van der Waals surface area contributed by atoms with Crippen molar-refractivity contribution in [2.75, 3.05) is 13.1 Å². The van der Waals surface area contributed by atoms with Crippen LogP contribution in [0.5, 0.6) is 0 Å². The Bertz CT molecular complexity index is 976. The molecule has 0 saturated carbocycles. The number of piperidine rings is 1. The normalized spacial score (nSPS) is 17.1. The van der Waals surface area contributed by atoms with Crippen molar-refractivity contribution in [2.45, 2.75) is 46.0 Å². The van der Waals surface area contributed by atoms with Crippen molar-refractivity contribution in [3.63, 3.8) is 0 Å². The van der Waals surface area contributed by atoms with Crippen LogP contribution in [0.15, 0.2) is 34.9 Å². The fourth-order valence-electron chi connectivity index (χ4n) is 3.80. The molecule has 1 N–H and O–H groups in total. The van der Waals surface area contributed by atoms with E-state index < -0.39 is 0 Å². The van der Waals surface area contributed by atoms with Crippen LogP contribution in [0.2, 0.25) is 0 Å². The molecule has 1 aromatic carbocycles. The minimum Gasteiger partial charge on any atom is -0.341 e. The van der Waals surface area contributed by atoms with Crippen LogP contribution < -0.4 is 0 Å². The highest BCUT2D eigenvalue weighted by molar-refractivity contribution is 5.94. The van der Waals surface area contributed by atoms with Gasteiger partial charge < -0.3 is 14.4 Å². The summed E-state index contributed by atoms with van der Waals surface area (Å²) in [7, 11) is 0. The van der Waals surface area contributed by atoms with E-state index in [0.717, 1.165) is 48.7 Å². The fraction of sp³-hybridized carbons (Fsp3) is 0.455. The zero-order valence-electron chi connectivity index (χ0n) is 17.2. The third-order valence-electron chi connectivity index (χ3n) is 5.27. The number of H-pyrrole nitrogens is 1. The summed E-state index contributed by atoms with van der Waals surface area (Å²) in [5, 5.41) is 4.10. The molecule has 1 unspecified atom stereocenters. The lowest BCUT2D eigenvalue weighted by Gasteiger charge is -2.30. The van der Waals surface area contributed by atoms with Crippen molar-refractivity contribution in [2.24, 2.45) is 5.92 Å². The summed E-state index contributed by atoms with van der Waals surface area (Å²) >= 11 is 0. The van der Waals surface area contributed by atoms with Crippen LogP contribution in [-0.4, -0.2) is 44.0 Å². The number of carbonyl (C=O) groups is 1. The number of rotatable bonds is 5. The lowest BCUT2D eigenvalue weighted by Crippen LogP contribution is -2.39. The molecule has 7 heteroatoms. The van der Waals surface area contributed by atoms with Gasteiger partial charge in [0.15, 0.2) is 5.82 Å². The Balaban J connectivity index is 1.49. The Hall–Kier alpha value is -2.96. The average Bonchev–Trinajstić information content (AvgIpc) is 3.34. The Morgan fingerprint density at radius 1 is 1.28 bits per heavy atom. The van der Waals surface area contributed by atoms with Crippen LogP contribution >= 0.6 is 0 Å². The van der Waals surface area contributed by atoms with Gasteiger partial charge in [0, 0.05) is 30.8 Å². The van der Waals surface area contributed by atoms with E-state index >= 15 is 0 Å². The monoisotopic (exact) mass is 393 g/mol. The molecule has 152 valence electrons. The van der Waals surface area contributed by atoms with Crippen molar-refractivity contribution >= 4 is 5.91 Å². The van der Waals surface area contributed by atoms with Gasteiger partial charge in [0.05, 0.1) is 5.92 Å². The molecule has 1 atom stereocenters. The lowest BCUT2D eigenvalue weighted by atomic mass is 9.97. The molecule has 2 aromatic heterocycles. The van der Waals surface area contributed by atoms with Gasteiger partial charge in [-0.15, -0.1) is 0 Å². The molecule has 1 aliphatic heterocycles. The van der Waals surface area contributed by atoms with Crippen molar-refractivity contribution < 1.29 is 9.32 Å².